The molecule has 0 aliphatic carbocycles. The third kappa shape index (κ3) is 6.51. The molecule has 0 spiro atoms. The molecule has 0 bridgehead atoms. The van der Waals surface area contributed by atoms with E-state index < -0.39 is 23.8 Å². The molecule has 2 aromatic heterocycles. The first-order chi connectivity index (χ1) is 18.4. The zero-order valence-electron chi connectivity index (χ0n) is 22.0. The number of rotatable bonds is 8. The van der Waals surface area contributed by atoms with Gasteiger partial charge in [0.2, 0.25) is 0 Å². The zero-order chi connectivity index (χ0) is 28.4. The van der Waals surface area contributed by atoms with Crippen molar-refractivity contribution in [2.24, 2.45) is 0 Å². The summed E-state index contributed by atoms with van der Waals surface area (Å²) < 4.78 is 46.5. The molecule has 4 rings (SSSR count). The van der Waals surface area contributed by atoms with E-state index in [9.17, 15) is 23.1 Å². The number of nitrogens with one attached hydrogen (secondary N) is 1. The van der Waals surface area contributed by atoms with Crippen LogP contribution in [0, 0.1) is 0 Å². The lowest BCUT2D eigenvalue weighted by molar-refractivity contribution is -0.151. The van der Waals surface area contributed by atoms with Crippen LogP contribution in [0.4, 0.5) is 24.7 Å². The number of fused-ring (bicyclic) bond motifs is 1. The number of hydrogen-bond donors (Lipinski definition) is 2. The van der Waals surface area contributed by atoms with Crippen LogP contribution in [0.25, 0.3) is 22.2 Å². The molecule has 2 N–H and O–H groups in total. The number of benzene rings is 2. The lowest BCUT2D eigenvalue weighted by Gasteiger charge is -2.19. The lowest BCUT2D eigenvalue weighted by atomic mass is 9.87. The molecule has 0 saturated heterocycles. The maximum Gasteiger partial charge on any atom is 0.418 e. The van der Waals surface area contributed by atoms with Crippen LogP contribution in [0.15, 0.2) is 60.8 Å². The second kappa shape index (κ2) is 11.0. The number of alkyl halides is 3. The number of aromatic nitrogens is 3. The minimum atomic E-state index is -4.58. The maximum atomic E-state index is 13.7. The fraction of sp³-hybridized carbons (Fsp3) is 0.310. The fourth-order valence-electron chi connectivity index (χ4n) is 4.08. The molecule has 0 unspecified atom stereocenters. The van der Waals surface area contributed by atoms with Crippen LogP contribution in [-0.4, -0.2) is 32.1 Å². The first kappa shape index (κ1) is 28.0. The largest absolute Gasteiger partial charge is 0.479 e. The Balaban J connectivity index is 1.79. The van der Waals surface area contributed by atoms with Crippen molar-refractivity contribution < 1.29 is 27.8 Å². The topological polar surface area (TPSA) is 97.2 Å². The minimum absolute atomic E-state index is 0.0260. The van der Waals surface area contributed by atoms with Gasteiger partial charge in [0.25, 0.3) is 0 Å². The van der Waals surface area contributed by atoms with Crippen molar-refractivity contribution in [2.45, 2.75) is 58.4 Å². The average molecular weight is 539 g/mol. The van der Waals surface area contributed by atoms with E-state index in [2.05, 4.69) is 41.0 Å². The number of carboxylic acid groups (broad SMARTS) is 1. The van der Waals surface area contributed by atoms with Gasteiger partial charge in [-0.2, -0.15) is 13.2 Å². The second-order valence-corrected chi connectivity index (χ2v) is 10.1. The number of aliphatic carboxylic acids is 1. The van der Waals surface area contributed by atoms with Gasteiger partial charge >= 0.3 is 12.1 Å². The normalized spacial score (nSPS) is 12.9. The Morgan fingerprint density at radius 3 is 2.38 bits per heavy atom. The van der Waals surface area contributed by atoms with E-state index in [-0.39, 0.29) is 35.5 Å². The van der Waals surface area contributed by atoms with Crippen molar-refractivity contribution in [3.63, 3.8) is 0 Å². The zero-order valence-corrected chi connectivity index (χ0v) is 22.0. The molecular weight excluding hydrogens is 509 g/mol. The number of anilines is 2. The Kier molecular flexibility index (Phi) is 7.87. The third-order valence-corrected chi connectivity index (χ3v) is 6.20. The molecule has 39 heavy (non-hydrogen) atoms. The summed E-state index contributed by atoms with van der Waals surface area (Å²) >= 11 is 0. The molecule has 2 aromatic carbocycles. The Morgan fingerprint density at radius 1 is 1.05 bits per heavy atom. The molecule has 0 radical (unpaired) electrons. The molecule has 2 heterocycles. The number of nitrogens with zero attached hydrogens (tertiary/aromatic N) is 3. The van der Waals surface area contributed by atoms with Crippen LogP contribution in [-0.2, 0) is 27.7 Å². The van der Waals surface area contributed by atoms with Crippen LogP contribution >= 0.6 is 0 Å². The maximum absolute atomic E-state index is 13.7. The van der Waals surface area contributed by atoms with Gasteiger partial charge in [-0.3, -0.25) is 4.98 Å². The first-order valence-corrected chi connectivity index (χ1v) is 12.4. The number of hydrogen-bond acceptors (Lipinski definition) is 6. The number of ether oxygens (including phenoxy) is 1. The summed E-state index contributed by atoms with van der Waals surface area (Å²) in [7, 11) is 0. The summed E-state index contributed by atoms with van der Waals surface area (Å²) in [6.07, 6.45) is -4.07. The molecule has 0 fully saturated rings. The summed E-state index contributed by atoms with van der Waals surface area (Å²) in [4.78, 5) is 24.4. The van der Waals surface area contributed by atoms with Gasteiger partial charge in [-0.15, -0.1) is 0 Å². The van der Waals surface area contributed by atoms with E-state index in [4.69, 9.17) is 4.74 Å². The van der Waals surface area contributed by atoms with E-state index in [1.165, 1.54) is 18.3 Å². The monoisotopic (exact) mass is 538 g/mol. The summed E-state index contributed by atoms with van der Waals surface area (Å²) in [5.41, 5.74) is 1.39. The highest BCUT2D eigenvalue weighted by Crippen LogP contribution is 2.37. The van der Waals surface area contributed by atoms with Gasteiger partial charge in [-0.25, -0.2) is 14.8 Å². The van der Waals surface area contributed by atoms with E-state index >= 15 is 0 Å². The van der Waals surface area contributed by atoms with Crippen LogP contribution in [0.1, 0.15) is 51.1 Å². The Labute approximate surface area is 224 Å². The predicted octanol–water partition coefficient (Wildman–Crippen LogP) is 7.13. The Morgan fingerprint density at radius 2 is 1.77 bits per heavy atom. The molecule has 0 saturated carbocycles. The predicted molar refractivity (Wildman–Crippen MR) is 143 cm³/mol. The van der Waals surface area contributed by atoms with Gasteiger partial charge < -0.3 is 15.2 Å². The van der Waals surface area contributed by atoms with Gasteiger partial charge in [0.15, 0.2) is 11.9 Å². The van der Waals surface area contributed by atoms with Crippen molar-refractivity contribution in [3.05, 3.63) is 77.7 Å². The minimum Gasteiger partial charge on any atom is -0.479 e. The Bertz CT molecular complexity index is 1480. The molecule has 1 atom stereocenters. The quantitative estimate of drug-likeness (QED) is 0.246. The summed E-state index contributed by atoms with van der Waals surface area (Å²) in [5, 5.41) is 13.2. The van der Waals surface area contributed by atoms with Crippen molar-refractivity contribution in [3.8, 4) is 11.3 Å². The molecule has 0 aliphatic heterocycles. The second-order valence-electron chi connectivity index (χ2n) is 10.1. The van der Waals surface area contributed by atoms with Gasteiger partial charge in [-0.1, -0.05) is 45.9 Å². The van der Waals surface area contributed by atoms with E-state index in [0.29, 0.717) is 16.7 Å². The summed E-state index contributed by atoms with van der Waals surface area (Å²) in [6, 6.07) is 14.8. The molecule has 0 amide bonds. The molecular formula is C29H29F3N4O3. The van der Waals surface area contributed by atoms with Gasteiger partial charge in [0.1, 0.15) is 12.4 Å². The van der Waals surface area contributed by atoms with E-state index in [1.54, 1.807) is 19.1 Å². The number of carboxylic acids is 1. The lowest BCUT2D eigenvalue weighted by Crippen LogP contribution is -2.23. The van der Waals surface area contributed by atoms with Crippen molar-refractivity contribution in [1.82, 2.24) is 15.0 Å². The number of carbonyl (C=O) groups is 1. The van der Waals surface area contributed by atoms with E-state index in [0.717, 1.165) is 17.3 Å². The van der Waals surface area contributed by atoms with Crippen molar-refractivity contribution in [2.75, 3.05) is 5.32 Å². The molecule has 7 nitrogen and oxygen atoms in total. The summed E-state index contributed by atoms with van der Waals surface area (Å²) in [6.45, 7) is 7.84. The van der Waals surface area contributed by atoms with Gasteiger partial charge in [-0.05, 0) is 53.8 Å². The number of pyridine rings is 1. The first-order valence-electron chi connectivity index (χ1n) is 12.4. The number of halogens is 3. The third-order valence-electron chi connectivity index (χ3n) is 6.20. The van der Waals surface area contributed by atoms with Crippen LogP contribution in [0.3, 0.4) is 0 Å². The highest BCUT2D eigenvalue weighted by Gasteiger charge is 2.34. The van der Waals surface area contributed by atoms with Crippen molar-refractivity contribution in [1.29, 1.82) is 0 Å². The highest BCUT2D eigenvalue weighted by molar-refractivity contribution is 5.93. The van der Waals surface area contributed by atoms with Crippen LogP contribution in [0.2, 0.25) is 0 Å². The molecule has 0 aliphatic rings. The van der Waals surface area contributed by atoms with Crippen LogP contribution < -0.4 is 5.32 Å². The standard InChI is InChI=1S/C29H29F3N4O3/c1-5-23(27(37)38)39-16-24-35-22-15-17(25-21(29(30,31)32)7-6-14-33-25)8-13-20(22)26(36-24)34-19-11-9-18(10-12-19)28(2,3)4/h6-15,23H,5,16H2,1-4H3,(H,37,38)(H,34,35,36)/t23-/m1/s1. The molecule has 10 heteroatoms. The SMILES string of the molecule is CC[C@@H](OCc1nc(Nc2ccc(C(C)(C)C)cc2)c2ccc(-c3ncccc3C(F)(F)F)cc2n1)C(=O)O. The van der Waals surface area contributed by atoms with Crippen molar-refractivity contribution >= 4 is 28.4 Å². The summed E-state index contributed by atoms with van der Waals surface area (Å²) in [5.74, 6) is -0.507. The van der Waals surface area contributed by atoms with E-state index in [1.807, 2.05) is 24.3 Å². The molecule has 4 aromatic rings. The highest BCUT2D eigenvalue weighted by atomic mass is 19.4. The van der Waals surface area contributed by atoms with Gasteiger partial charge in [0.05, 0.1) is 16.8 Å². The smallest absolute Gasteiger partial charge is 0.418 e. The average Bonchev–Trinajstić information content (AvgIpc) is 2.88. The molecule has 204 valence electrons. The van der Waals surface area contributed by atoms with Gasteiger partial charge in [0, 0.05) is 22.8 Å². The fourth-order valence-corrected chi connectivity index (χ4v) is 4.08. The van der Waals surface area contributed by atoms with Crippen LogP contribution in [0.5, 0.6) is 0 Å². The Hall–Kier alpha value is -4.05.